The molecule has 2 heterocycles. The molecule has 1 saturated carbocycles. The number of rotatable bonds is 7. The molecule has 2 N–H and O–H groups in total. The fourth-order valence-electron chi connectivity index (χ4n) is 4.14. The molecular weight excluding hydrogens is 384 g/mol. The topological polar surface area (TPSA) is 61.8 Å². The smallest absolute Gasteiger partial charge is 0.141 e. The van der Waals surface area contributed by atoms with Crippen LogP contribution in [0.15, 0.2) is 42.7 Å². The van der Waals surface area contributed by atoms with E-state index >= 15 is 0 Å². The van der Waals surface area contributed by atoms with Gasteiger partial charge in [-0.2, -0.15) is 0 Å². The first-order valence-corrected chi connectivity index (χ1v) is 10.3. The molecule has 6 heteroatoms. The maximum atomic E-state index is 14.8. The summed E-state index contributed by atoms with van der Waals surface area (Å²) in [6.07, 6.45) is 6.58. The maximum Gasteiger partial charge on any atom is 0.141 e. The van der Waals surface area contributed by atoms with E-state index in [-0.39, 0.29) is 17.4 Å². The van der Waals surface area contributed by atoms with Crippen molar-refractivity contribution >= 4 is 0 Å². The number of aromatic nitrogens is 3. The summed E-state index contributed by atoms with van der Waals surface area (Å²) in [5.74, 6) is 0.400. The number of H-pyrrole nitrogens is 1. The third kappa shape index (κ3) is 4.43. The fourth-order valence-corrected chi connectivity index (χ4v) is 4.14. The lowest BCUT2D eigenvalue weighted by molar-refractivity contribution is 0.0519. The molecule has 0 saturated heterocycles. The zero-order valence-electron chi connectivity index (χ0n) is 17.5. The van der Waals surface area contributed by atoms with Gasteiger partial charge in [0.2, 0.25) is 0 Å². The first-order valence-electron chi connectivity index (χ1n) is 10.3. The summed E-state index contributed by atoms with van der Waals surface area (Å²) in [5, 5.41) is 11.0. The van der Waals surface area contributed by atoms with Gasteiger partial charge < -0.3 is 10.1 Å². The minimum Gasteiger partial charge on any atom is -0.385 e. The third-order valence-electron chi connectivity index (χ3n) is 6.09. The summed E-state index contributed by atoms with van der Waals surface area (Å²) < 4.78 is 27.9. The Bertz CT molecular complexity index is 1040. The van der Waals surface area contributed by atoms with Crippen LogP contribution in [0.25, 0.3) is 11.3 Å². The van der Waals surface area contributed by atoms with E-state index < -0.39 is 17.2 Å². The molecule has 1 fully saturated rings. The van der Waals surface area contributed by atoms with Crippen molar-refractivity contribution in [2.45, 2.75) is 52.1 Å². The minimum atomic E-state index is -1.43. The van der Waals surface area contributed by atoms with Gasteiger partial charge in [0.25, 0.3) is 0 Å². The highest BCUT2D eigenvalue weighted by atomic mass is 19.1. The molecule has 3 aromatic rings. The Morgan fingerprint density at radius 3 is 2.50 bits per heavy atom. The van der Waals surface area contributed by atoms with Crippen LogP contribution in [0, 0.1) is 23.0 Å². The number of nitrogens with zero attached hydrogens (tertiary/aromatic N) is 2. The average Bonchev–Trinajstić information content (AvgIpc) is 3.45. The number of nitrogens with one attached hydrogen (secondary N) is 1. The SMILES string of the molecule is CC(O)(Cc1nc(CC(C)(C)C2CC2)c[nH]1)c1ccc(-c2ccc(F)cn2)cc1F. The van der Waals surface area contributed by atoms with Crippen LogP contribution >= 0.6 is 0 Å². The summed E-state index contributed by atoms with van der Waals surface area (Å²) in [4.78, 5) is 11.8. The molecule has 0 bridgehead atoms. The molecule has 1 aliphatic carbocycles. The van der Waals surface area contributed by atoms with Gasteiger partial charge in [-0.05, 0) is 55.7 Å². The van der Waals surface area contributed by atoms with Gasteiger partial charge in [-0.1, -0.05) is 26.0 Å². The van der Waals surface area contributed by atoms with Crippen molar-refractivity contribution < 1.29 is 13.9 Å². The van der Waals surface area contributed by atoms with Crippen LogP contribution < -0.4 is 0 Å². The molecule has 4 nitrogen and oxygen atoms in total. The van der Waals surface area contributed by atoms with Crippen LogP contribution in [0.2, 0.25) is 0 Å². The highest BCUT2D eigenvalue weighted by molar-refractivity contribution is 5.59. The van der Waals surface area contributed by atoms with E-state index in [0.29, 0.717) is 17.1 Å². The van der Waals surface area contributed by atoms with Crippen molar-refractivity contribution in [2.75, 3.05) is 0 Å². The molecule has 30 heavy (non-hydrogen) atoms. The molecule has 1 atom stereocenters. The normalized spacial score (nSPS) is 16.5. The van der Waals surface area contributed by atoms with Crippen LogP contribution in [0.5, 0.6) is 0 Å². The van der Waals surface area contributed by atoms with Gasteiger partial charge in [0.1, 0.15) is 17.5 Å². The van der Waals surface area contributed by atoms with E-state index in [0.717, 1.165) is 24.2 Å². The molecule has 0 spiro atoms. The summed E-state index contributed by atoms with van der Waals surface area (Å²) in [6, 6.07) is 7.32. The van der Waals surface area contributed by atoms with E-state index in [9.17, 15) is 13.9 Å². The Labute approximate surface area is 175 Å². The van der Waals surface area contributed by atoms with E-state index in [1.165, 1.54) is 31.0 Å². The van der Waals surface area contributed by atoms with E-state index in [4.69, 9.17) is 0 Å². The number of pyridine rings is 1. The zero-order valence-corrected chi connectivity index (χ0v) is 17.5. The summed E-state index contributed by atoms with van der Waals surface area (Å²) in [5.41, 5.74) is 0.927. The van der Waals surface area contributed by atoms with E-state index in [1.807, 2.05) is 6.20 Å². The Morgan fingerprint density at radius 1 is 1.10 bits per heavy atom. The second kappa shape index (κ2) is 7.58. The third-order valence-corrected chi connectivity index (χ3v) is 6.09. The van der Waals surface area contributed by atoms with Crippen molar-refractivity contribution in [1.82, 2.24) is 15.0 Å². The molecule has 4 rings (SSSR count). The van der Waals surface area contributed by atoms with Crippen molar-refractivity contribution in [2.24, 2.45) is 11.3 Å². The molecule has 2 aromatic heterocycles. The lowest BCUT2D eigenvalue weighted by atomic mass is 9.83. The monoisotopic (exact) mass is 411 g/mol. The fraction of sp³-hybridized carbons (Fsp3) is 0.417. The molecule has 1 aliphatic rings. The standard InChI is InChI=1S/C24H27F2N3O/c1-23(2,16-5-6-16)11-18-14-28-22(29-18)12-24(3,30)19-8-4-15(10-20(19)26)21-9-7-17(25)13-27-21/h4,7-10,13-14,16,30H,5-6,11-12H2,1-3H3,(H,28,29). The van der Waals surface area contributed by atoms with Crippen molar-refractivity contribution in [3.8, 4) is 11.3 Å². The molecule has 0 aliphatic heterocycles. The van der Waals surface area contributed by atoms with Gasteiger partial charge in [-0.3, -0.25) is 4.98 Å². The highest BCUT2D eigenvalue weighted by Crippen LogP contribution is 2.46. The zero-order chi connectivity index (χ0) is 21.5. The quantitative estimate of drug-likeness (QED) is 0.563. The Hall–Kier alpha value is -2.60. The number of hydrogen-bond donors (Lipinski definition) is 2. The van der Waals surface area contributed by atoms with Crippen molar-refractivity contribution in [3.63, 3.8) is 0 Å². The number of aliphatic hydroxyl groups is 1. The van der Waals surface area contributed by atoms with E-state index in [2.05, 4.69) is 28.8 Å². The average molecular weight is 411 g/mol. The molecule has 158 valence electrons. The van der Waals surface area contributed by atoms with Gasteiger partial charge in [0.15, 0.2) is 0 Å². The molecule has 1 aromatic carbocycles. The Morgan fingerprint density at radius 2 is 1.87 bits per heavy atom. The lowest BCUT2D eigenvalue weighted by Crippen LogP contribution is -2.26. The Balaban J connectivity index is 1.50. The summed E-state index contributed by atoms with van der Waals surface area (Å²) in [7, 11) is 0. The van der Waals surface area contributed by atoms with Crippen LogP contribution in [-0.2, 0) is 18.4 Å². The number of benzene rings is 1. The largest absolute Gasteiger partial charge is 0.385 e. The maximum absolute atomic E-state index is 14.8. The molecule has 0 amide bonds. The predicted molar refractivity (Wildman–Crippen MR) is 112 cm³/mol. The summed E-state index contributed by atoms with van der Waals surface area (Å²) in [6.45, 7) is 6.11. The van der Waals surface area contributed by atoms with Gasteiger partial charge in [-0.15, -0.1) is 0 Å². The molecular formula is C24H27F2N3O. The molecule has 1 unspecified atom stereocenters. The highest BCUT2D eigenvalue weighted by Gasteiger charge is 2.38. The van der Waals surface area contributed by atoms with Gasteiger partial charge in [0.05, 0.1) is 23.2 Å². The number of hydrogen-bond acceptors (Lipinski definition) is 3. The van der Waals surface area contributed by atoms with Crippen LogP contribution in [0.1, 0.15) is 50.7 Å². The van der Waals surface area contributed by atoms with Crippen LogP contribution in [0.3, 0.4) is 0 Å². The summed E-state index contributed by atoms with van der Waals surface area (Å²) >= 11 is 0. The number of halogens is 2. The number of aromatic amines is 1. The van der Waals surface area contributed by atoms with E-state index in [1.54, 1.807) is 19.1 Å². The Kier molecular flexibility index (Phi) is 5.22. The van der Waals surface area contributed by atoms with Gasteiger partial charge in [0, 0.05) is 23.7 Å². The second-order valence-corrected chi connectivity index (χ2v) is 9.29. The first kappa shape index (κ1) is 20.7. The minimum absolute atomic E-state index is 0.169. The van der Waals surface area contributed by atoms with Crippen molar-refractivity contribution in [1.29, 1.82) is 0 Å². The number of imidazole rings is 1. The van der Waals surface area contributed by atoms with Crippen molar-refractivity contribution in [3.05, 3.63) is 71.4 Å². The first-order chi connectivity index (χ1) is 14.1. The van der Waals surface area contributed by atoms with Gasteiger partial charge >= 0.3 is 0 Å². The lowest BCUT2D eigenvalue weighted by Gasteiger charge is -2.24. The second-order valence-electron chi connectivity index (χ2n) is 9.29. The van der Waals surface area contributed by atoms with Crippen LogP contribution in [-0.4, -0.2) is 20.1 Å². The predicted octanol–water partition coefficient (Wildman–Crippen LogP) is 5.18. The van der Waals surface area contributed by atoms with Gasteiger partial charge in [-0.25, -0.2) is 13.8 Å². The van der Waals surface area contributed by atoms with Crippen LogP contribution in [0.4, 0.5) is 8.78 Å². The molecule has 0 radical (unpaired) electrons.